The lowest BCUT2D eigenvalue weighted by molar-refractivity contribution is -0.383. The van der Waals surface area contributed by atoms with E-state index in [1.807, 2.05) is 0 Å². The molecule has 0 aliphatic carbocycles. The van der Waals surface area contributed by atoms with Gasteiger partial charge in [-0.15, -0.1) is 11.6 Å². The molecule has 0 bridgehead atoms. The van der Waals surface area contributed by atoms with Gasteiger partial charge in [-0.1, -0.05) is 11.6 Å². The highest BCUT2D eigenvalue weighted by atomic mass is 35.5. The van der Waals surface area contributed by atoms with Crippen LogP contribution < -0.4 is 5.32 Å². The monoisotopic (exact) mass is 315 g/mol. The molecule has 0 aliphatic heterocycles. The molecule has 2 rings (SSSR count). The number of rotatable bonds is 5. The highest BCUT2D eigenvalue weighted by Crippen LogP contribution is 2.37. The number of aromatic nitrogens is 1. The van der Waals surface area contributed by atoms with Crippen LogP contribution in [-0.2, 0) is 0 Å². The Kier molecular flexibility index (Phi) is 4.59. The first-order valence-corrected chi connectivity index (χ1v) is 6.64. The van der Waals surface area contributed by atoms with E-state index in [1.54, 1.807) is 12.3 Å². The van der Waals surface area contributed by atoms with Gasteiger partial charge in [-0.2, -0.15) is 0 Å². The quantitative estimate of drug-likeness (QED) is 0.503. The van der Waals surface area contributed by atoms with Gasteiger partial charge in [-0.25, -0.2) is 0 Å². The van der Waals surface area contributed by atoms with E-state index in [1.165, 1.54) is 12.3 Å². The molecule has 2 aromatic rings. The lowest BCUT2D eigenvalue weighted by atomic mass is 10.1. The number of nitro groups is 1. The van der Waals surface area contributed by atoms with Gasteiger partial charge >= 0.3 is 0 Å². The van der Waals surface area contributed by atoms with Crippen molar-refractivity contribution in [3.63, 3.8) is 0 Å². The summed E-state index contributed by atoms with van der Waals surface area (Å²) in [7, 11) is 0. The predicted molar refractivity (Wildman–Crippen MR) is 78.6 cm³/mol. The SMILES string of the molecule is O=[N+]([O-])c1cc(Cl)c2ccncc2c1NCC(O)CCl. The van der Waals surface area contributed by atoms with Crippen LogP contribution in [0.1, 0.15) is 0 Å². The first-order valence-electron chi connectivity index (χ1n) is 5.73. The third-order valence-electron chi connectivity index (χ3n) is 2.76. The summed E-state index contributed by atoms with van der Waals surface area (Å²) in [6, 6.07) is 2.95. The Hall–Kier alpha value is -1.63. The second-order valence-electron chi connectivity index (χ2n) is 4.12. The summed E-state index contributed by atoms with van der Waals surface area (Å²) in [4.78, 5) is 14.5. The Morgan fingerprint density at radius 3 is 2.90 bits per heavy atom. The number of hydrogen-bond donors (Lipinski definition) is 2. The molecule has 106 valence electrons. The van der Waals surface area contributed by atoms with Crippen LogP contribution in [0.15, 0.2) is 24.5 Å². The molecule has 6 nitrogen and oxygen atoms in total. The largest absolute Gasteiger partial charge is 0.390 e. The van der Waals surface area contributed by atoms with Gasteiger partial charge in [0.1, 0.15) is 5.69 Å². The van der Waals surface area contributed by atoms with E-state index in [9.17, 15) is 15.2 Å². The number of halogens is 2. The Balaban J connectivity index is 2.55. The zero-order chi connectivity index (χ0) is 14.7. The normalized spacial score (nSPS) is 12.3. The third-order valence-corrected chi connectivity index (χ3v) is 3.43. The standard InChI is InChI=1S/C12H11Cl2N3O3/c13-4-7(18)5-16-12-9-6-15-2-1-8(9)10(14)3-11(12)17(19)20/h1-3,6-7,16,18H,4-5H2. The van der Waals surface area contributed by atoms with Crippen molar-refractivity contribution in [1.82, 2.24) is 4.98 Å². The highest BCUT2D eigenvalue weighted by Gasteiger charge is 2.20. The molecule has 8 heteroatoms. The molecule has 0 amide bonds. The number of nitro benzene ring substituents is 1. The fourth-order valence-electron chi connectivity index (χ4n) is 1.81. The van der Waals surface area contributed by atoms with Crippen LogP contribution in [0.2, 0.25) is 5.02 Å². The van der Waals surface area contributed by atoms with Crippen LogP contribution in [0.5, 0.6) is 0 Å². The average molecular weight is 316 g/mol. The van der Waals surface area contributed by atoms with Crippen LogP contribution in [0.4, 0.5) is 11.4 Å². The Morgan fingerprint density at radius 1 is 1.50 bits per heavy atom. The van der Waals surface area contributed by atoms with Gasteiger partial charge in [0.2, 0.25) is 0 Å². The summed E-state index contributed by atoms with van der Waals surface area (Å²) in [5.74, 6) is 0.0323. The molecule has 0 saturated carbocycles. The first kappa shape index (κ1) is 14.8. The van der Waals surface area contributed by atoms with E-state index in [-0.39, 0.29) is 28.8 Å². The maximum atomic E-state index is 11.1. The van der Waals surface area contributed by atoms with E-state index in [0.29, 0.717) is 10.8 Å². The van der Waals surface area contributed by atoms with Crippen molar-refractivity contribution in [2.75, 3.05) is 17.7 Å². The number of hydrogen-bond acceptors (Lipinski definition) is 5. The Morgan fingerprint density at radius 2 is 2.25 bits per heavy atom. The smallest absolute Gasteiger partial charge is 0.294 e. The minimum Gasteiger partial charge on any atom is -0.390 e. The van der Waals surface area contributed by atoms with Crippen molar-refractivity contribution in [3.8, 4) is 0 Å². The van der Waals surface area contributed by atoms with Crippen molar-refractivity contribution in [2.24, 2.45) is 0 Å². The number of benzene rings is 1. The molecule has 1 aromatic heterocycles. The molecule has 1 atom stereocenters. The molecule has 1 unspecified atom stereocenters. The minimum atomic E-state index is -0.807. The van der Waals surface area contributed by atoms with Crippen molar-refractivity contribution < 1.29 is 10.0 Å². The number of anilines is 1. The van der Waals surface area contributed by atoms with Crippen molar-refractivity contribution in [3.05, 3.63) is 39.7 Å². The topological polar surface area (TPSA) is 88.3 Å². The highest BCUT2D eigenvalue weighted by molar-refractivity contribution is 6.36. The molecular formula is C12H11Cl2N3O3. The minimum absolute atomic E-state index is 0.0323. The van der Waals surface area contributed by atoms with E-state index in [4.69, 9.17) is 23.2 Å². The average Bonchev–Trinajstić information content (AvgIpc) is 2.45. The van der Waals surface area contributed by atoms with Gasteiger partial charge < -0.3 is 10.4 Å². The summed E-state index contributed by atoms with van der Waals surface area (Å²) in [6.07, 6.45) is 2.24. The van der Waals surface area contributed by atoms with E-state index in [2.05, 4.69) is 10.3 Å². The molecule has 1 aromatic carbocycles. The molecule has 1 heterocycles. The Labute approximate surface area is 124 Å². The molecule has 0 saturated heterocycles. The summed E-state index contributed by atoms with van der Waals surface area (Å²) < 4.78 is 0. The van der Waals surface area contributed by atoms with Gasteiger partial charge in [-0.05, 0) is 6.07 Å². The zero-order valence-corrected chi connectivity index (χ0v) is 11.7. The summed E-state index contributed by atoms with van der Waals surface area (Å²) in [5, 5.41) is 24.9. The number of nitrogens with one attached hydrogen (secondary N) is 1. The molecule has 0 spiro atoms. The lowest BCUT2D eigenvalue weighted by Crippen LogP contribution is -2.21. The van der Waals surface area contributed by atoms with Crippen LogP contribution in [-0.4, -0.2) is 33.5 Å². The molecule has 20 heavy (non-hydrogen) atoms. The predicted octanol–water partition coefficient (Wildman–Crippen LogP) is 2.81. The van der Waals surface area contributed by atoms with Crippen molar-refractivity contribution in [1.29, 1.82) is 0 Å². The van der Waals surface area contributed by atoms with Gasteiger partial charge in [0.25, 0.3) is 5.69 Å². The zero-order valence-electron chi connectivity index (χ0n) is 10.2. The number of aliphatic hydroxyl groups is 1. The molecule has 0 radical (unpaired) electrons. The Bertz CT molecular complexity index is 651. The van der Waals surface area contributed by atoms with E-state index >= 15 is 0 Å². The maximum absolute atomic E-state index is 11.1. The first-order chi connectivity index (χ1) is 9.54. The van der Waals surface area contributed by atoms with E-state index in [0.717, 1.165) is 0 Å². The number of fused-ring (bicyclic) bond motifs is 1. The molecule has 0 aliphatic rings. The second-order valence-corrected chi connectivity index (χ2v) is 4.84. The van der Waals surface area contributed by atoms with Crippen LogP contribution in [0.25, 0.3) is 10.8 Å². The number of pyridine rings is 1. The summed E-state index contributed by atoms with van der Waals surface area (Å²) in [5.41, 5.74) is 0.101. The van der Waals surface area contributed by atoms with Gasteiger partial charge in [0, 0.05) is 35.8 Å². The van der Waals surface area contributed by atoms with Crippen LogP contribution >= 0.6 is 23.2 Å². The lowest BCUT2D eigenvalue weighted by Gasteiger charge is -2.13. The number of alkyl halides is 1. The van der Waals surface area contributed by atoms with Crippen molar-refractivity contribution in [2.45, 2.75) is 6.10 Å². The van der Waals surface area contributed by atoms with Crippen molar-refractivity contribution >= 4 is 45.3 Å². The third kappa shape index (κ3) is 2.92. The number of nitrogens with zero attached hydrogens (tertiary/aromatic N) is 2. The maximum Gasteiger partial charge on any atom is 0.294 e. The van der Waals surface area contributed by atoms with E-state index < -0.39 is 11.0 Å². The van der Waals surface area contributed by atoms with Gasteiger partial charge in [0.15, 0.2) is 0 Å². The van der Waals surface area contributed by atoms with Crippen LogP contribution in [0.3, 0.4) is 0 Å². The molecular weight excluding hydrogens is 305 g/mol. The summed E-state index contributed by atoms with van der Waals surface area (Å²) >= 11 is 11.5. The summed E-state index contributed by atoms with van der Waals surface area (Å²) in [6.45, 7) is 0.0932. The number of aliphatic hydroxyl groups excluding tert-OH is 1. The molecule has 0 fully saturated rings. The second kappa shape index (κ2) is 6.21. The van der Waals surface area contributed by atoms with Crippen LogP contribution in [0, 0.1) is 10.1 Å². The van der Waals surface area contributed by atoms with Gasteiger partial charge in [-0.3, -0.25) is 15.1 Å². The molecule has 2 N–H and O–H groups in total. The van der Waals surface area contributed by atoms with Gasteiger partial charge in [0.05, 0.1) is 21.9 Å². The fourth-order valence-corrected chi connectivity index (χ4v) is 2.19. The fraction of sp³-hybridized carbons (Fsp3) is 0.250.